The van der Waals surface area contributed by atoms with E-state index in [1.165, 1.54) is 5.56 Å². The Balaban J connectivity index is 1.44. The molecule has 0 unspecified atom stereocenters. The van der Waals surface area contributed by atoms with Crippen LogP contribution in [0.4, 0.5) is 0 Å². The van der Waals surface area contributed by atoms with Crippen LogP contribution in [0.2, 0.25) is 0 Å². The second kappa shape index (κ2) is 8.32. The maximum Gasteiger partial charge on any atom is 0.225 e. The van der Waals surface area contributed by atoms with Crippen molar-refractivity contribution >= 4 is 23.2 Å². The summed E-state index contributed by atoms with van der Waals surface area (Å²) in [6, 6.07) is 2.08. The SMILES string of the molecule is C[C@@H]1CN(C(=O)C2CCN(C(=O)CCc3ccsc3)CC2)C[C@H](C)O1. The summed E-state index contributed by atoms with van der Waals surface area (Å²) >= 11 is 1.67. The predicted molar refractivity (Wildman–Crippen MR) is 98.5 cm³/mol. The third-order valence-corrected chi connectivity index (χ3v) is 5.87. The van der Waals surface area contributed by atoms with Gasteiger partial charge in [0.2, 0.25) is 11.8 Å². The molecule has 0 aliphatic carbocycles. The van der Waals surface area contributed by atoms with Crippen molar-refractivity contribution in [1.29, 1.82) is 0 Å². The minimum atomic E-state index is 0.0541. The van der Waals surface area contributed by atoms with E-state index in [0.717, 1.165) is 19.3 Å². The summed E-state index contributed by atoms with van der Waals surface area (Å²) in [5.74, 6) is 0.511. The highest BCUT2D eigenvalue weighted by Gasteiger charge is 2.33. The molecule has 0 aromatic carbocycles. The first-order chi connectivity index (χ1) is 12.0. The first-order valence-electron chi connectivity index (χ1n) is 9.26. The van der Waals surface area contributed by atoms with Gasteiger partial charge in [-0.15, -0.1) is 0 Å². The fourth-order valence-corrected chi connectivity index (χ4v) is 4.54. The van der Waals surface area contributed by atoms with E-state index in [0.29, 0.717) is 32.6 Å². The number of piperidine rings is 1. The normalized spacial score (nSPS) is 25.2. The molecule has 1 aromatic rings. The van der Waals surface area contributed by atoms with Crippen molar-refractivity contribution in [2.45, 2.75) is 51.7 Å². The van der Waals surface area contributed by atoms with Gasteiger partial charge in [-0.05, 0) is 55.5 Å². The van der Waals surface area contributed by atoms with Crippen molar-refractivity contribution in [2.24, 2.45) is 5.92 Å². The highest BCUT2D eigenvalue weighted by molar-refractivity contribution is 7.07. The number of aryl methyl sites for hydroxylation is 1. The van der Waals surface area contributed by atoms with Crippen LogP contribution in [-0.4, -0.2) is 60.0 Å². The largest absolute Gasteiger partial charge is 0.372 e. The quantitative estimate of drug-likeness (QED) is 0.825. The lowest BCUT2D eigenvalue weighted by Crippen LogP contribution is -2.51. The molecule has 2 fully saturated rings. The van der Waals surface area contributed by atoms with Crippen molar-refractivity contribution < 1.29 is 14.3 Å². The van der Waals surface area contributed by atoms with Crippen LogP contribution in [0.5, 0.6) is 0 Å². The highest BCUT2D eigenvalue weighted by atomic mass is 32.1. The minimum Gasteiger partial charge on any atom is -0.372 e. The van der Waals surface area contributed by atoms with Gasteiger partial charge in [-0.25, -0.2) is 0 Å². The van der Waals surface area contributed by atoms with Crippen LogP contribution in [-0.2, 0) is 20.7 Å². The molecule has 6 heteroatoms. The molecule has 0 radical (unpaired) electrons. The summed E-state index contributed by atoms with van der Waals surface area (Å²) in [6.45, 7) is 6.81. The van der Waals surface area contributed by atoms with E-state index in [1.54, 1.807) is 11.3 Å². The molecule has 2 amide bonds. The Morgan fingerprint density at radius 3 is 2.44 bits per heavy atom. The number of ether oxygens (including phenoxy) is 1. The summed E-state index contributed by atoms with van der Waals surface area (Å²) in [5, 5.41) is 4.15. The summed E-state index contributed by atoms with van der Waals surface area (Å²) in [4.78, 5) is 29.0. The Morgan fingerprint density at radius 1 is 1.16 bits per heavy atom. The molecule has 2 atom stereocenters. The fraction of sp³-hybridized carbons (Fsp3) is 0.684. The predicted octanol–water partition coefficient (Wildman–Crippen LogP) is 2.56. The van der Waals surface area contributed by atoms with Crippen LogP contribution in [0.1, 0.15) is 38.7 Å². The fourth-order valence-electron chi connectivity index (χ4n) is 3.84. The third-order valence-electron chi connectivity index (χ3n) is 5.14. The van der Waals surface area contributed by atoms with E-state index in [4.69, 9.17) is 4.74 Å². The lowest BCUT2D eigenvalue weighted by molar-refractivity contribution is -0.150. The number of likely N-dealkylation sites (tertiary alicyclic amines) is 1. The molecule has 138 valence electrons. The van der Waals surface area contributed by atoms with Gasteiger partial charge >= 0.3 is 0 Å². The first-order valence-corrected chi connectivity index (χ1v) is 10.2. The number of hydrogen-bond donors (Lipinski definition) is 0. The summed E-state index contributed by atoms with van der Waals surface area (Å²) in [7, 11) is 0. The van der Waals surface area contributed by atoms with Gasteiger partial charge in [-0.1, -0.05) is 0 Å². The average molecular weight is 365 g/mol. The molecule has 2 aliphatic rings. The monoisotopic (exact) mass is 364 g/mol. The standard InChI is InChI=1S/C19H28N2O3S/c1-14-11-21(12-15(2)24-14)19(23)17-5-8-20(9-6-17)18(22)4-3-16-7-10-25-13-16/h7,10,13-15,17H,3-6,8-9,11-12H2,1-2H3/t14-,15+. The maximum absolute atomic E-state index is 12.8. The van der Waals surface area contributed by atoms with Gasteiger partial charge < -0.3 is 14.5 Å². The van der Waals surface area contributed by atoms with Crippen LogP contribution in [0.15, 0.2) is 16.8 Å². The van der Waals surface area contributed by atoms with Gasteiger partial charge in [-0.2, -0.15) is 11.3 Å². The van der Waals surface area contributed by atoms with Gasteiger partial charge in [-0.3, -0.25) is 9.59 Å². The number of hydrogen-bond acceptors (Lipinski definition) is 4. The van der Waals surface area contributed by atoms with Crippen LogP contribution in [0.3, 0.4) is 0 Å². The molecule has 3 rings (SSSR count). The topological polar surface area (TPSA) is 49.9 Å². The molecular formula is C19H28N2O3S. The molecule has 25 heavy (non-hydrogen) atoms. The molecular weight excluding hydrogens is 336 g/mol. The number of morpholine rings is 1. The number of amides is 2. The molecule has 3 heterocycles. The first kappa shape index (κ1) is 18.4. The van der Waals surface area contributed by atoms with Crippen LogP contribution < -0.4 is 0 Å². The van der Waals surface area contributed by atoms with E-state index in [1.807, 2.05) is 29.0 Å². The zero-order valence-electron chi connectivity index (χ0n) is 15.1. The molecule has 5 nitrogen and oxygen atoms in total. The number of carbonyl (C=O) groups excluding carboxylic acids is 2. The van der Waals surface area contributed by atoms with Gasteiger partial charge in [0.05, 0.1) is 12.2 Å². The Morgan fingerprint density at radius 2 is 1.84 bits per heavy atom. The van der Waals surface area contributed by atoms with Crippen molar-refractivity contribution in [3.63, 3.8) is 0 Å². The van der Waals surface area contributed by atoms with Crippen molar-refractivity contribution in [1.82, 2.24) is 9.80 Å². The van der Waals surface area contributed by atoms with E-state index in [-0.39, 0.29) is 29.9 Å². The minimum absolute atomic E-state index is 0.0541. The van der Waals surface area contributed by atoms with Gasteiger partial charge in [0.15, 0.2) is 0 Å². The summed E-state index contributed by atoms with van der Waals surface area (Å²) in [6.07, 6.45) is 3.14. The van der Waals surface area contributed by atoms with Crippen molar-refractivity contribution in [2.75, 3.05) is 26.2 Å². The van der Waals surface area contributed by atoms with E-state index >= 15 is 0 Å². The molecule has 0 spiro atoms. The number of thiophene rings is 1. The van der Waals surface area contributed by atoms with Gasteiger partial charge in [0.1, 0.15) is 0 Å². The Hall–Kier alpha value is -1.40. The third kappa shape index (κ3) is 4.82. The van der Waals surface area contributed by atoms with Gasteiger partial charge in [0.25, 0.3) is 0 Å². The number of carbonyl (C=O) groups is 2. The summed E-state index contributed by atoms with van der Waals surface area (Å²) in [5.41, 5.74) is 1.24. The number of nitrogens with zero attached hydrogens (tertiary/aromatic N) is 2. The summed E-state index contributed by atoms with van der Waals surface area (Å²) < 4.78 is 5.71. The lowest BCUT2D eigenvalue weighted by Gasteiger charge is -2.39. The molecule has 2 aliphatic heterocycles. The van der Waals surface area contributed by atoms with Gasteiger partial charge in [0, 0.05) is 38.5 Å². The molecule has 2 saturated heterocycles. The smallest absolute Gasteiger partial charge is 0.225 e. The zero-order valence-corrected chi connectivity index (χ0v) is 16.0. The molecule has 0 saturated carbocycles. The van der Waals surface area contributed by atoms with E-state index < -0.39 is 0 Å². The van der Waals surface area contributed by atoms with Crippen LogP contribution >= 0.6 is 11.3 Å². The highest BCUT2D eigenvalue weighted by Crippen LogP contribution is 2.23. The molecule has 0 N–H and O–H groups in total. The average Bonchev–Trinajstić information content (AvgIpc) is 3.12. The maximum atomic E-state index is 12.8. The number of rotatable bonds is 4. The zero-order chi connectivity index (χ0) is 17.8. The Labute approximate surface area is 153 Å². The van der Waals surface area contributed by atoms with Crippen LogP contribution in [0, 0.1) is 5.92 Å². The van der Waals surface area contributed by atoms with E-state index in [9.17, 15) is 9.59 Å². The molecule has 1 aromatic heterocycles. The van der Waals surface area contributed by atoms with Crippen LogP contribution in [0.25, 0.3) is 0 Å². The second-order valence-corrected chi connectivity index (χ2v) is 8.07. The Kier molecular flexibility index (Phi) is 6.12. The van der Waals surface area contributed by atoms with Crippen molar-refractivity contribution in [3.05, 3.63) is 22.4 Å². The van der Waals surface area contributed by atoms with Crippen molar-refractivity contribution in [3.8, 4) is 0 Å². The Bertz CT molecular complexity index is 571. The second-order valence-electron chi connectivity index (χ2n) is 7.29. The van der Waals surface area contributed by atoms with E-state index in [2.05, 4.69) is 11.4 Å². The molecule has 0 bridgehead atoms. The lowest BCUT2D eigenvalue weighted by atomic mass is 9.94.